The monoisotopic (exact) mass is 235 g/mol. The number of rotatable bonds is 3. The highest BCUT2D eigenvalue weighted by molar-refractivity contribution is 5.28. The minimum atomic E-state index is -0.517. The van der Waals surface area contributed by atoms with Crippen LogP contribution in [0.1, 0.15) is 11.1 Å². The molecule has 0 amide bonds. The van der Waals surface area contributed by atoms with Gasteiger partial charge < -0.3 is 10.1 Å². The number of hydrogen-bond acceptors (Lipinski definition) is 3. The Morgan fingerprint density at radius 1 is 1.41 bits per heavy atom. The third-order valence-corrected chi connectivity index (χ3v) is 2.35. The molecule has 0 atom stereocenters. The van der Waals surface area contributed by atoms with Crippen molar-refractivity contribution in [3.05, 3.63) is 57.5 Å². The van der Waals surface area contributed by atoms with Crippen molar-refractivity contribution >= 4 is 5.82 Å². The van der Waals surface area contributed by atoms with E-state index in [0.717, 1.165) is 5.56 Å². The average molecular weight is 235 g/mol. The van der Waals surface area contributed by atoms with E-state index in [2.05, 4.69) is 5.10 Å². The second kappa shape index (κ2) is 4.32. The van der Waals surface area contributed by atoms with E-state index in [9.17, 15) is 14.5 Å². The third-order valence-electron chi connectivity index (χ3n) is 2.35. The van der Waals surface area contributed by atoms with E-state index in [0.29, 0.717) is 12.1 Å². The van der Waals surface area contributed by atoms with Crippen molar-refractivity contribution in [2.45, 2.75) is 13.5 Å². The number of hydrogen-bond donors (Lipinski definition) is 0. The molecule has 1 aromatic heterocycles. The molecule has 0 unspecified atom stereocenters. The van der Waals surface area contributed by atoms with Crippen LogP contribution in [0.3, 0.4) is 0 Å². The molecule has 0 spiro atoms. The molecule has 2 rings (SSSR count). The Hall–Kier alpha value is -2.24. The summed E-state index contributed by atoms with van der Waals surface area (Å²) in [5.74, 6) is -0.455. The summed E-state index contributed by atoms with van der Waals surface area (Å²) in [5, 5.41) is 14.5. The van der Waals surface area contributed by atoms with Crippen LogP contribution in [0.5, 0.6) is 0 Å². The molecular weight excluding hydrogens is 225 g/mol. The maximum absolute atomic E-state index is 12.7. The summed E-state index contributed by atoms with van der Waals surface area (Å²) in [4.78, 5) is 10.1. The van der Waals surface area contributed by atoms with Gasteiger partial charge in [-0.3, -0.25) is 0 Å². The van der Waals surface area contributed by atoms with Gasteiger partial charge in [-0.05, 0) is 29.5 Å². The molecule has 5 nitrogen and oxygen atoms in total. The van der Waals surface area contributed by atoms with Gasteiger partial charge in [0.25, 0.3) is 0 Å². The molecular formula is C11H10FN3O2. The highest BCUT2D eigenvalue weighted by atomic mass is 19.1. The molecule has 1 aromatic carbocycles. The summed E-state index contributed by atoms with van der Waals surface area (Å²) in [7, 11) is 0. The van der Waals surface area contributed by atoms with Gasteiger partial charge in [0.05, 0.1) is 23.4 Å². The standard InChI is InChI=1S/C11H10FN3O2/c1-8-6-14(13-11(8)15(16)17)7-9-2-4-10(12)5-3-9/h2-6H,7H2,1H3. The zero-order chi connectivity index (χ0) is 12.4. The van der Waals surface area contributed by atoms with E-state index in [1.807, 2.05) is 0 Å². The Morgan fingerprint density at radius 2 is 2.06 bits per heavy atom. The summed E-state index contributed by atoms with van der Waals surface area (Å²) in [6.45, 7) is 2.02. The first kappa shape index (κ1) is 11.3. The van der Waals surface area contributed by atoms with Gasteiger partial charge in [0.2, 0.25) is 0 Å². The van der Waals surface area contributed by atoms with Gasteiger partial charge in [0.1, 0.15) is 5.82 Å². The summed E-state index contributed by atoms with van der Waals surface area (Å²) < 4.78 is 14.2. The zero-order valence-electron chi connectivity index (χ0n) is 9.13. The number of aromatic nitrogens is 2. The van der Waals surface area contributed by atoms with E-state index >= 15 is 0 Å². The van der Waals surface area contributed by atoms with Crippen LogP contribution in [0, 0.1) is 22.9 Å². The Balaban J connectivity index is 2.22. The number of nitrogens with zero attached hydrogens (tertiary/aromatic N) is 3. The summed E-state index contributed by atoms with van der Waals surface area (Å²) in [6.07, 6.45) is 1.60. The largest absolute Gasteiger partial charge is 0.392 e. The minimum Gasteiger partial charge on any atom is -0.358 e. The normalized spacial score (nSPS) is 10.5. The van der Waals surface area contributed by atoms with Crippen LogP contribution < -0.4 is 0 Å². The van der Waals surface area contributed by atoms with Crippen molar-refractivity contribution in [1.82, 2.24) is 9.78 Å². The average Bonchev–Trinajstić information content (AvgIpc) is 2.63. The molecule has 0 radical (unpaired) electrons. The van der Waals surface area contributed by atoms with Gasteiger partial charge >= 0.3 is 5.82 Å². The number of nitro groups is 1. The van der Waals surface area contributed by atoms with Crippen LogP contribution >= 0.6 is 0 Å². The molecule has 1 heterocycles. The molecule has 0 fully saturated rings. The lowest BCUT2D eigenvalue weighted by molar-refractivity contribution is -0.390. The van der Waals surface area contributed by atoms with Gasteiger partial charge in [-0.1, -0.05) is 12.1 Å². The van der Waals surface area contributed by atoms with Crippen LogP contribution in [0.4, 0.5) is 10.2 Å². The van der Waals surface area contributed by atoms with E-state index in [-0.39, 0.29) is 11.6 Å². The van der Waals surface area contributed by atoms with Crippen molar-refractivity contribution in [1.29, 1.82) is 0 Å². The summed E-state index contributed by atoms with van der Waals surface area (Å²) in [5.41, 5.74) is 1.35. The lowest BCUT2D eigenvalue weighted by Gasteiger charge is -1.97. The van der Waals surface area contributed by atoms with E-state index in [1.165, 1.54) is 16.8 Å². The fourth-order valence-electron chi connectivity index (χ4n) is 1.55. The number of benzene rings is 1. The maximum atomic E-state index is 12.7. The predicted octanol–water partition coefficient (Wildman–Crippen LogP) is 2.29. The van der Waals surface area contributed by atoms with E-state index < -0.39 is 4.92 Å². The van der Waals surface area contributed by atoms with E-state index in [4.69, 9.17) is 0 Å². The Labute approximate surface area is 96.6 Å². The second-order valence-electron chi connectivity index (χ2n) is 3.72. The Bertz CT molecular complexity index is 548. The number of halogens is 1. The van der Waals surface area contributed by atoms with Gasteiger partial charge in [0, 0.05) is 0 Å². The first-order chi connectivity index (χ1) is 8.06. The van der Waals surface area contributed by atoms with Crippen LogP contribution in [0.15, 0.2) is 30.5 Å². The lowest BCUT2D eigenvalue weighted by atomic mass is 10.2. The lowest BCUT2D eigenvalue weighted by Crippen LogP contribution is -2.01. The van der Waals surface area contributed by atoms with Crippen molar-refractivity contribution < 1.29 is 9.31 Å². The summed E-state index contributed by atoms with van der Waals surface area (Å²) >= 11 is 0. The molecule has 0 saturated carbocycles. The van der Waals surface area contributed by atoms with Gasteiger partial charge in [-0.15, -0.1) is 0 Å². The maximum Gasteiger partial charge on any atom is 0.392 e. The van der Waals surface area contributed by atoms with Crippen molar-refractivity contribution in [3.63, 3.8) is 0 Å². The second-order valence-corrected chi connectivity index (χ2v) is 3.72. The number of aryl methyl sites for hydroxylation is 1. The fraction of sp³-hybridized carbons (Fsp3) is 0.182. The molecule has 88 valence electrons. The molecule has 0 saturated heterocycles. The fourth-order valence-corrected chi connectivity index (χ4v) is 1.55. The highest BCUT2D eigenvalue weighted by Crippen LogP contribution is 2.15. The Kier molecular flexibility index (Phi) is 2.86. The SMILES string of the molecule is Cc1cn(Cc2ccc(F)cc2)nc1[N+](=O)[O-]. The summed E-state index contributed by atoms with van der Waals surface area (Å²) in [6, 6.07) is 5.94. The first-order valence-corrected chi connectivity index (χ1v) is 4.99. The predicted molar refractivity (Wildman–Crippen MR) is 59.1 cm³/mol. The quantitative estimate of drug-likeness (QED) is 0.605. The molecule has 0 N–H and O–H groups in total. The zero-order valence-corrected chi connectivity index (χ0v) is 9.13. The molecule has 0 aliphatic carbocycles. The van der Waals surface area contributed by atoms with Crippen LogP contribution in [0.2, 0.25) is 0 Å². The van der Waals surface area contributed by atoms with Crippen molar-refractivity contribution in [2.75, 3.05) is 0 Å². The third kappa shape index (κ3) is 2.47. The molecule has 2 aromatic rings. The topological polar surface area (TPSA) is 61.0 Å². The minimum absolute atomic E-state index is 0.146. The molecule has 17 heavy (non-hydrogen) atoms. The molecule has 0 bridgehead atoms. The highest BCUT2D eigenvalue weighted by Gasteiger charge is 2.16. The van der Waals surface area contributed by atoms with Gasteiger partial charge in [-0.2, -0.15) is 4.68 Å². The molecule has 6 heteroatoms. The van der Waals surface area contributed by atoms with E-state index in [1.54, 1.807) is 25.3 Å². The molecule has 0 aliphatic rings. The van der Waals surface area contributed by atoms with Crippen molar-refractivity contribution in [2.24, 2.45) is 0 Å². The molecule has 0 aliphatic heterocycles. The Morgan fingerprint density at radius 3 is 2.59 bits per heavy atom. The smallest absolute Gasteiger partial charge is 0.358 e. The van der Waals surface area contributed by atoms with Crippen molar-refractivity contribution in [3.8, 4) is 0 Å². The first-order valence-electron chi connectivity index (χ1n) is 4.99. The van der Waals surface area contributed by atoms with Crippen LogP contribution in [-0.4, -0.2) is 14.7 Å². The van der Waals surface area contributed by atoms with Crippen LogP contribution in [0.25, 0.3) is 0 Å². The van der Waals surface area contributed by atoms with Gasteiger partial charge in [-0.25, -0.2) is 4.39 Å². The van der Waals surface area contributed by atoms with Gasteiger partial charge in [0.15, 0.2) is 0 Å². The van der Waals surface area contributed by atoms with Crippen LogP contribution in [-0.2, 0) is 6.54 Å².